The number of amides is 1. The maximum Gasteiger partial charge on any atom is 0.243 e. The van der Waals surface area contributed by atoms with Gasteiger partial charge in [0.25, 0.3) is 0 Å². The first-order valence-electron chi connectivity index (χ1n) is 7.36. The molecule has 108 valence electrons. The van der Waals surface area contributed by atoms with Gasteiger partial charge in [-0.15, -0.1) is 11.3 Å². The van der Waals surface area contributed by atoms with Gasteiger partial charge >= 0.3 is 0 Å². The fraction of sp³-hybridized carbons (Fsp3) is 0.375. The fourth-order valence-electron chi connectivity index (χ4n) is 2.74. The van der Waals surface area contributed by atoms with Crippen molar-refractivity contribution in [3.8, 4) is 0 Å². The highest BCUT2D eigenvalue weighted by atomic mass is 32.1. The first-order chi connectivity index (χ1) is 10.3. The number of nitrogens with one attached hydrogen (secondary N) is 2. The van der Waals surface area contributed by atoms with Crippen molar-refractivity contribution >= 4 is 22.4 Å². The second-order valence-electron chi connectivity index (χ2n) is 5.75. The predicted molar refractivity (Wildman–Crippen MR) is 83.5 cm³/mol. The van der Waals surface area contributed by atoms with Crippen LogP contribution in [-0.4, -0.2) is 16.9 Å². The third-order valence-corrected chi connectivity index (χ3v) is 4.92. The lowest BCUT2D eigenvalue weighted by molar-refractivity contribution is -0.118. The van der Waals surface area contributed by atoms with Crippen molar-refractivity contribution in [1.82, 2.24) is 10.3 Å². The molecule has 2 aliphatic rings. The molecule has 1 aliphatic carbocycles. The van der Waals surface area contributed by atoms with Gasteiger partial charge in [-0.3, -0.25) is 4.79 Å². The predicted octanol–water partition coefficient (Wildman–Crippen LogP) is 2.67. The highest BCUT2D eigenvalue weighted by Gasteiger charge is 2.27. The van der Waals surface area contributed by atoms with Crippen molar-refractivity contribution in [2.24, 2.45) is 0 Å². The number of hydrogen-bond donors (Lipinski definition) is 2. The summed E-state index contributed by atoms with van der Waals surface area (Å²) in [5.41, 5.74) is 3.68. The van der Waals surface area contributed by atoms with Crippen LogP contribution in [-0.2, 0) is 17.8 Å². The minimum Gasteiger partial charge on any atom is -0.301 e. The molecule has 0 unspecified atom stereocenters. The third kappa shape index (κ3) is 2.71. The lowest BCUT2D eigenvalue weighted by atomic mass is 9.95. The van der Waals surface area contributed by atoms with Crippen LogP contribution in [0.2, 0.25) is 0 Å². The van der Waals surface area contributed by atoms with Gasteiger partial charge in [-0.1, -0.05) is 24.3 Å². The van der Waals surface area contributed by atoms with E-state index in [9.17, 15) is 4.79 Å². The van der Waals surface area contributed by atoms with E-state index in [2.05, 4.69) is 33.1 Å². The van der Waals surface area contributed by atoms with Crippen LogP contribution in [0.3, 0.4) is 0 Å². The smallest absolute Gasteiger partial charge is 0.243 e. The molecule has 1 aromatic carbocycles. The average molecular weight is 299 g/mol. The molecule has 5 heteroatoms. The minimum atomic E-state index is -0.173. The maximum atomic E-state index is 12.4. The van der Waals surface area contributed by atoms with Gasteiger partial charge in [-0.25, -0.2) is 4.98 Å². The Balaban J connectivity index is 1.43. The molecule has 0 radical (unpaired) electrons. The molecule has 1 fully saturated rings. The van der Waals surface area contributed by atoms with E-state index in [0.29, 0.717) is 5.92 Å². The number of thiazole rings is 1. The van der Waals surface area contributed by atoms with Crippen molar-refractivity contribution in [2.75, 3.05) is 5.32 Å². The number of carbonyl (C=O) groups is 1. The van der Waals surface area contributed by atoms with Crippen molar-refractivity contribution in [3.05, 3.63) is 46.5 Å². The van der Waals surface area contributed by atoms with Gasteiger partial charge < -0.3 is 10.6 Å². The van der Waals surface area contributed by atoms with E-state index in [1.165, 1.54) is 35.3 Å². The van der Waals surface area contributed by atoms with Crippen molar-refractivity contribution in [1.29, 1.82) is 0 Å². The van der Waals surface area contributed by atoms with Gasteiger partial charge in [0.2, 0.25) is 5.91 Å². The molecule has 4 nitrogen and oxygen atoms in total. The molecule has 0 spiro atoms. The number of benzene rings is 1. The Morgan fingerprint density at radius 3 is 2.90 bits per heavy atom. The highest BCUT2D eigenvalue weighted by Crippen LogP contribution is 2.40. The molecule has 0 saturated heterocycles. The zero-order valence-corrected chi connectivity index (χ0v) is 12.5. The van der Waals surface area contributed by atoms with Crippen LogP contribution in [0.25, 0.3) is 0 Å². The van der Waals surface area contributed by atoms with Crippen molar-refractivity contribution in [3.63, 3.8) is 0 Å². The molecule has 1 aliphatic heterocycles. The summed E-state index contributed by atoms with van der Waals surface area (Å²) >= 11 is 1.52. The zero-order chi connectivity index (χ0) is 14.2. The lowest BCUT2D eigenvalue weighted by Crippen LogP contribution is -2.44. The highest BCUT2D eigenvalue weighted by molar-refractivity contribution is 7.13. The summed E-state index contributed by atoms with van der Waals surface area (Å²) in [5.74, 6) is 0.646. The topological polar surface area (TPSA) is 54.0 Å². The number of anilines is 1. The molecule has 2 N–H and O–H groups in total. The van der Waals surface area contributed by atoms with Crippen molar-refractivity contribution < 1.29 is 4.79 Å². The molecule has 2 aromatic rings. The Bertz CT molecular complexity index is 678. The molecule has 1 aromatic heterocycles. The minimum absolute atomic E-state index is 0.0150. The maximum absolute atomic E-state index is 12.4. The molecule has 1 atom stereocenters. The van der Waals surface area contributed by atoms with Crippen LogP contribution < -0.4 is 10.6 Å². The summed E-state index contributed by atoms with van der Waals surface area (Å²) in [6.07, 6.45) is 3.21. The van der Waals surface area contributed by atoms with Crippen LogP contribution in [0.5, 0.6) is 0 Å². The summed E-state index contributed by atoms with van der Waals surface area (Å²) < 4.78 is 0. The summed E-state index contributed by atoms with van der Waals surface area (Å²) in [6.45, 7) is 0.749. The number of nitrogens with zero attached hydrogens (tertiary/aromatic N) is 1. The molecule has 21 heavy (non-hydrogen) atoms. The summed E-state index contributed by atoms with van der Waals surface area (Å²) in [5, 5.41) is 9.04. The molecule has 1 amide bonds. The Labute approximate surface area is 127 Å². The van der Waals surface area contributed by atoms with Gasteiger partial charge in [0.1, 0.15) is 0 Å². The van der Waals surface area contributed by atoms with Crippen molar-refractivity contribution in [2.45, 2.75) is 37.8 Å². The standard InChI is InChI=1S/C16H17N3OS/c20-15(19-16-18-14(9-21-16)10-5-6-10)13-7-11-3-1-2-4-12(11)8-17-13/h1-4,9-10,13,17H,5-8H2,(H,18,19,20)/t13-/m1/s1. The Morgan fingerprint density at radius 2 is 2.10 bits per heavy atom. The third-order valence-electron chi connectivity index (χ3n) is 4.15. The SMILES string of the molecule is O=C(Nc1nc(C2CC2)cs1)[C@H]1Cc2ccccc2CN1. The van der Waals surface area contributed by atoms with Gasteiger partial charge in [0.05, 0.1) is 11.7 Å². The quantitative estimate of drug-likeness (QED) is 0.916. The number of hydrogen-bond acceptors (Lipinski definition) is 4. The summed E-state index contributed by atoms with van der Waals surface area (Å²) in [7, 11) is 0. The molecular weight excluding hydrogens is 282 g/mol. The van der Waals surface area contributed by atoms with Gasteiger partial charge in [0.15, 0.2) is 5.13 Å². The molecular formula is C16H17N3OS. The van der Waals surface area contributed by atoms with E-state index < -0.39 is 0 Å². The first kappa shape index (κ1) is 13.0. The Kier molecular flexibility index (Phi) is 3.24. The van der Waals surface area contributed by atoms with Crippen LogP contribution in [0.1, 0.15) is 35.6 Å². The Morgan fingerprint density at radius 1 is 1.29 bits per heavy atom. The summed E-state index contributed by atoms with van der Waals surface area (Å²) in [4.78, 5) is 16.9. The van der Waals surface area contributed by atoms with Gasteiger partial charge in [-0.05, 0) is 30.4 Å². The van der Waals surface area contributed by atoms with E-state index in [0.717, 1.165) is 23.8 Å². The fourth-order valence-corrected chi connectivity index (χ4v) is 3.54. The van der Waals surface area contributed by atoms with E-state index in [4.69, 9.17) is 0 Å². The van der Waals surface area contributed by atoms with Gasteiger partial charge in [0, 0.05) is 17.8 Å². The van der Waals surface area contributed by atoms with E-state index in [-0.39, 0.29) is 11.9 Å². The Hall–Kier alpha value is -1.72. The number of aromatic nitrogens is 1. The average Bonchev–Trinajstić information content (AvgIpc) is 3.27. The number of fused-ring (bicyclic) bond motifs is 1. The first-order valence-corrected chi connectivity index (χ1v) is 8.24. The van der Waals surface area contributed by atoms with Crippen LogP contribution in [0, 0.1) is 0 Å². The largest absolute Gasteiger partial charge is 0.301 e. The zero-order valence-electron chi connectivity index (χ0n) is 11.6. The van der Waals surface area contributed by atoms with Crippen LogP contribution in [0.4, 0.5) is 5.13 Å². The lowest BCUT2D eigenvalue weighted by Gasteiger charge is -2.24. The van der Waals surface area contributed by atoms with Crippen LogP contribution in [0.15, 0.2) is 29.6 Å². The normalized spacial score (nSPS) is 20.9. The second kappa shape index (κ2) is 5.24. The molecule has 0 bridgehead atoms. The number of carbonyl (C=O) groups excluding carboxylic acids is 1. The van der Waals surface area contributed by atoms with E-state index in [1.54, 1.807) is 0 Å². The summed E-state index contributed by atoms with van der Waals surface area (Å²) in [6, 6.07) is 8.11. The molecule has 1 saturated carbocycles. The van der Waals surface area contributed by atoms with Gasteiger partial charge in [-0.2, -0.15) is 0 Å². The van der Waals surface area contributed by atoms with Crippen LogP contribution >= 0.6 is 11.3 Å². The van der Waals surface area contributed by atoms with E-state index in [1.807, 2.05) is 12.1 Å². The molecule has 4 rings (SSSR count). The monoisotopic (exact) mass is 299 g/mol. The van der Waals surface area contributed by atoms with E-state index >= 15 is 0 Å². The second-order valence-corrected chi connectivity index (χ2v) is 6.61. The number of rotatable bonds is 3. The molecule has 2 heterocycles.